The number of ether oxygens (including phenoxy) is 2. The molecule has 0 aliphatic heterocycles. The van der Waals surface area contributed by atoms with E-state index >= 15 is 0 Å². The van der Waals surface area contributed by atoms with E-state index < -0.39 is 11.8 Å². The molecule has 0 radical (unpaired) electrons. The zero-order chi connectivity index (χ0) is 13.7. The predicted octanol–water partition coefficient (Wildman–Crippen LogP) is 2.95. The van der Waals surface area contributed by atoms with E-state index in [4.69, 9.17) is 9.47 Å². The summed E-state index contributed by atoms with van der Waals surface area (Å²) in [6, 6.07) is 17.4. The molecule has 0 aromatic heterocycles. The van der Waals surface area contributed by atoms with Gasteiger partial charge in [-0.15, -0.1) is 0 Å². The molecule has 98 valence electrons. The van der Waals surface area contributed by atoms with Crippen molar-refractivity contribution in [2.45, 2.75) is 12.7 Å². The van der Waals surface area contributed by atoms with Crippen molar-refractivity contribution >= 4 is 5.97 Å². The van der Waals surface area contributed by atoms with Gasteiger partial charge >= 0.3 is 11.8 Å². The van der Waals surface area contributed by atoms with Crippen LogP contribution in [-0.2, 0) is 4.79 Å². The number of aliphatic carboxylic acids is 1. The number of hydrogen-bond acceptors (Lipinski definition) is 3. The number of carbonyl (C=O) groups is 1. The SMILES string of the molecule is CC(Oc1ccccc1)(Oc1ccccc1)C(=O)O. The summed E-state index contributed by atoms with van der Waals surface area (Å²) >= 11 is 0. The summed E-state index contributed by atoms with van der Waals surface area (Å²) < 4.78 is 10.9. The van der Waals surface area contributed by atoms with Gasteiger partial charge in [0.2, 0.25) is 0 Å². The minimum absolute atomic E-state index is 0.434. The Labute approximate surface area is 111 Å². The third-order valence-electron chi connectivity index (χ3n) is 2.50. The Balaban J connectivity index is 2.21. The number of carboxylic acids is 1. The van der Waals surface area contributed by atoms with Crippen LogP contribution >= 0.6 is 0 Å². The van der Waals surface area contributed by atoms with E-state index in [2.05, 4.69) is 0 Å². The van der Waals surface area contributed by atoms with E-state index in [1.807, 2.05) is 12.1 Å². The first kappa shape index (κ1) is 13.0. The molecule has 2 aromatic rings. The normalized spacial score (nSPS) is 10.8. The highest BCUT2D eigenvalue weighted by atomic mass is 16.7. The molecule has 0 aliphatic rings. The first-order valence-corrected chi connectivity index (χ1v) is 5.82. The topological polar surface area (TPSA) is 55.8 Å². The van der Waals surface area contributed by atoms with Gasteiger partial charge in [0.1, 0.15) is 11.5 Å². The number of rotatable bonds is 5. The first-order chi connectivity index (χ1) is 9.10. The van der Waals surface area contributed by atoms with Gasteiger partial charge in [-0.1, -0.05) is 36.4 Å². The van der Waals surface area contributed by atoms with Gasteiger partial charge < -0.3 is 14.6 Å². The van der Waals surface area contributed by atoms with Crippen molar-refractivity contribution in [2.75, 3.05) is 0 Å². The third kappa shape index (κ3) is 3.25. The lowest BCUT2D eigenvalue weighted by atomic mass is 10.3. The van der Waals surface area contributed by atoms with Crippen LogP contribution in [0.15, 0.2) is 60.7 Å². The minimum Gasteiger partial charge on any atom is -0.475 e. The second-order valence-corrected chi connectivity index (χ2v) is 4.08. The van der Waals surface area contributed by atoms with E-state index in [1.165, 1.54) is 6.92 Å². The summed E-state index contributed by atoms with van der Waals surface area (Å²) in [5.41, 5.74) is 0. The van der Waals surface area contributed by atoms with Crippen LogP contribution in [0.5, 0.6) is 11.5 Å². The zero-order valence-electron chi connectivity index (χ0n) is 10.4. The van der Waals surface area contributed by atoms with Crippen molar-refractivity contribution in [1.29, 1.82) is 0 Å². The average molecular weight is 258 g/mol. The van der Waals surface area contributed by atoms with Crippen LogP contribution in [0, 0.1) is 0 Å². The van der Waals surface area contributed by atoms with Crippen molar-refractivity contribution in [1.82, 2.24) is 0 Å². The fraction of sp³-hybridized carbons (Fsp3) is 0.133. The number of hydrogen-bond donors (Lipinski definition) is 1. The molecule has 2 aromatic carbocycles. The Morgan fingerprint density at radius 3 is 1.58 bits per heavy atom. The Morgan fingerprint density at radius 1 is 0.895 bits per heavy atom. The van der Waals surface area contributed by atoms with Crippen LogP contribution in [0.3, 0.4) is 0 Å². The molecule has 4 heteroatoms. The Hall–Kier alpha value is -2.49. The third-order valence-corrected chi connectivity index (χ3v) is 2.50. The van der Waals surface area contributed by atoms with Crippen LogP contribution in [0.25, 0.3) is 0 Å². The summed E-state index contributed by atoms with van der Waals surface area (Å²) in [7, 11) is 0. The van der Waals surface area contributed by atoms with E-state index in [0.29, 0.717) is 11.5 Å². The molecule has 0 aliphatic carbocycles. The van der Waals surface area contributed by atoms with Crippen LogP contribution in [0.4, 0.5) is 0 Å². The van der Waals surface area contributed by atoms with Crippen LogP contribution < -0.4 is 9.47 Å². The lowest BCUT2D eigenvalue weighted by Gasteiger charge is -2.26. The molecule has 1 N–H and O–H groups in total. The number of carboxylic acid groups (broad SMARTS) is 1. The second kappa shape index (κ2) is 5.44. The Kier molecular flexibility index (Phi) is 3.71. The maximum atomic E-state index is 11.4. The quantitative estimate of drug-likeness (QED) is 0.838. The van der Waals surface area contributed by atoms with E-state index in [1.54, 1.807) is 48.5 Å². The summed E-state index contributed by atoms with van der Waals surface area (Å²) in [5.74, 6) is -2.10. The molecular weight excluding hydrogens is 244 g/mol. The molecule has 0 atom stereocenters. The van der Waals surface area contributed by atoms with Gasteiger partial charge in [0.25, 0.3) is 0 Å². The number of para-hydroxylation sites is 2. The lowest BCUT2D eigenvalue weighted by molar-refractivity contribution is -0.181. The van der Waals surface area contributed by atoms with Gasteiger partial charge in [-0.2, -0.15) is 0 Å². The molecule has 0 spiro atoms. The first-order valence-electron chi connectivity index (χ1n) is 5.82. The van der Waals surface area contributed by atoms with Crippen molar-refractivity contribution < 1.29 is 19.4 Å². The fourth-order valence-corrected chi connectivity index (χ4v) is 1.53. The maximum absolute atomic E-state index is 11.4. The fourth-order valence-electron chi connectivity index (χ4n) is 1.53. The summed E-state index contributed by atoms with van der Waals surface area (Å²) in [5, 5.41) is 9.31. The standard InChI is InChI=1S/C15H14O4/c1-15(14(16)17,18-12-8-4-2-5-9-12)19-13-10-6-3-7-11-13/h2-11H,1H3,(H,16,17). The minimum atomic E-state index is -1.78. The van der Waals surface area contributed by atoms with Gasteiger partial charge in [-0.05, 0) is 24.3 Å². The van der Waals surface area contributed by atoms with E-state index in [9.17, 15) is 9.90 Å². The predicted molar refractivity (Wildman–Crippen MR) is 70.2 cm³/mol. The highest BCUT2D eigenvalue weighted by Gasteiger charge is 2.38. The monoisotopic (exact) mass is 258 g/mol. The van der Waals surface area contributed by atoms with Crippen LogP contribution in [0.1, 0.15) is 6.92 Å². The molecule has 0 saturated carbocycles. The highest BCUT2D eigenvalue weighted by Crippen LogP contribution is 2.23. The molecule has 0 saturated heterocycles. The van der Waals surface area contributed by atoms with Crippen molar-refractivity contribution in [3.8, 4) is 11.5 Å². The molecule has 0 unspecified atom stereocenters. The van der Waals surface area contributed by atoms with Gasteiger partial charge in [-0.3, -0.25) is 0 Å². The van der Waals surface area contributed by atoms with E-state index in [0.717, 1.165) is 0 Å². The highest BCUT2D eigenvalue weighted by molar-refractivity contribution is 5.76. The lowest BCUT2D eigenvalue weighted by Crippen LogP contribution is -2.47. The molecule has 0 heterocycles. The Morgan fingerprint density at radius 2 is 1.26 bits per heavy atom. The molecule has 4 nitrogen and oxygen atoms in total. The van der Waals surface area contributed by atoms with Gasteiger partial charge in [0, 0.05) is 6.92 Å². The van der Waals surface area contributed by atoms with Crippen molar-refractivity contribution in [2.24, 2.45) is 0 Å². The summed E-state index contributed by atoms with van der Waals surface area (Å²) in [6.45, 7) is 1.37. The van der Waals surface area contributed by atoms with Gasteiger partial charge in [0.15, 0.2) is 0 Å². The number of benzene rings is 2. The van der Waals surface area contributed by atoms with E-state index in [-0.39, 0.29) is 0 Å². The van der Waals surface area contributed by atoms with Gasteiger partial charge in [0.05, 0.1) is 0 Å². The zero-order valence-corrected chi connectivity index (χ0v) is 10.4. The summed E-state index contributed by atoms with van der Waals surface area (Å²) in [4.78, 5) is 11.4. The van der Waals surface area contributed by atoms with Crippen LogP contribution in [0.2, 0.25) is 0 Å². The molecule has 0 fully saturated rings. The van der Waals surface area contributed by atoms with Crippen LogP contribution in [-0.4, -0.2) is 16.9 Å². The van der Waals surface area contributed by atoms with Crippen molar-refractivity contribution in [3.63, 3.8) is 0 Å². The van der Waals surface area contributed by atoms with Gasteiger partial charge in [-0.25, -0.2) is 4.79 Å². The molecular formula is C15H14O4. The Bertz CT molecular complexity index is 495. The molecule has 0 bridgehead atoms. The van der Waals surface area contributed by atoms with Crippen molar-refractivity contribution in [3.05, 3.63) is 60.7 Å². The molecule has 2 rings (SSSR count). The molecule has 0 amide bonds. The summed E-state index contributed by atoms with van der Waals surface area (Å²) in [6.07, 6.45) is 0. The largest absolute Gasteiger partial charge is 0.475 e. The average Bonchev–Trinajstić information content (AvgIpc) is 2.40. The smallest absolute Gasteiger partial charge is 0.390 e. The molecule has 19 heavy (non-hydrogen) atoms. The maximum Gasteiger partial charge on any atom is 0.390 e. The second-order valence-electron chi connectivity index (χ2n) is 4.08.